The number of hydrogen-bond donors (Lipinski definition) is 2. The number of aromatic nitrogens is 2. The SMILES string of the molecule is Cc1cc([C@H](Nc2nsnc2N(C)c2ccc(C)c(C(=O)N(C)C)c2O)C(C)C)oc1C. The van der Waals surface area contributed by atoms with Crippen LogP contribution in [0.25, 0.3) is 0 Å². The van der Waals surface area contributed by atoms with Crippen molar-refractivity contribution in [1.82, 2.24) is 13.6 Å². The van der Waals surface area contributed by atoms with Crippen LogP contribution in [-0.2, 0) is 0 Å². The maximum atomic E-state index is 12.6. The van der Waals surface area contributed by atoms with Crippen LogP contribution in [-0.4, -0.2) is 45.8 Å². The minimum atomic E-state index is -0.256. The molecule has 0 aliphatic rings. The predicted octanol–water partition coefficient (Wildman–Crippen LogP) is 5.04. The van der Waals surface area contributed by atoms with Crippen molar-refractivity contribution in [3.63, 3.8) is 0 Å². The van der Waals surface area contributed by atoms with Crippen molar-refractivity contribution in [3.8, 4) is 5.75 Å². The molecule has 172 valence electrons. The van der Waals surface area contributed by atoms with Gasteiger partial charge in [-0.15, -0.1) is 0 Å². The predicted molar refractivity (Wildman–Crippen MR) is 128 cm³/mol. The quantitative estimate of drug-likeness (QED) is 0.513. The van der Waals surface area contributed by atoms with Gasteiger partial charge in [-0.2, -0.15) is 8.75 Å². The van der Waals surface area contributed by atoms with Crippen molar-refractivity contribution in [3.05, 3.63) is 46.4 Å². The normalized spacial score (nSPS) is 12.2. The maximum absolute atomic E-state index is 12.6. The second-order valence-electron chi connectivity index (χ2n) is 8.57. The summed E-state index contributed by atoms with van der Waals surface area (Å²) in [6.07, 6.45) is 0. The van der Waals surface area contributed by atoms with Gasteiger partial charge >= 0.3 is 0 Å². The van der Waals surface area contributed by atoms with Crippen LogP contribution in [0.1, 0.15) is 52.9 Å². The van der Waals surface area contributed by atoms with Gasteiger partial charge in [0.2, 0.25) is 0 Å². The van der Waals surface area contributed by atoms with Gasteiger partial charge in [-0.3, -0.25) is 4.79 Å². The molecule has 1 aromatic carbocycles. The Bertz CT molecular complexity index is 1100. The standard InChI is InChI=1S/C23H31N5O3S/c1-12(2)19(17-11-14(4)15(5)31-17)24-21-22(26-32-25-21)28(8)16-10-9-13(3)18(20(16)29)23(30)27(6)7/h9-12,19,29H,1-8H3,(H,24,25)/t19-/m1/s1. The number of carbonyl (C=O) groups is 1. The van der Waals surface area contributed by atoms with Crippen molar-refractivity contribution in [2.75, 3.05) is 31.4 Å². The van der Waals surface area contributed by atoms with E-state index in [1.54, 1.807) is 39.0 Å². The average Bonchev–Trinajstić information content (AvgIpc) is 3.31. The van der Waals surface area contributed by atoms with Gasteiger partial charge in [0.1, 0.15) is 11.5 Å². The lowest BCUT2D eigenvalue weighted by atomic mass is 10.0. The largest absolute Gasteiger partial charge is 0.505 e. The molecule has 0 saturated heterocycles. The van der Waals surface area contributed by atoms with Crippen LogP contribution in [0.4, 0.5) is 17.3 Å². The number of furan rings is 1. The summed E-state index contributed by atoms with van der Waals surface area (Å²) in [4.78, 5) is 15.8. The van der Waals surface area contributed by atoms with Gasteiger partial charge in [0.15, 0.2) is 17.4 Å². The van der Waals surface area contributed by atoms with E-state index in [2.05, 4.69) is 27.9 Å². The fraction of sp³-hybridized carbons (Fsp3) is 0.435. The third-order valence-electron chi connectivity index (χ3n) is 5.59. The Labute approximate surface area is 193 Å². The third kappa shape index (κ3) is 4.43. The lowest BCUT2D eigenvalue weighted by molar-refractivity contribution is 0.0824. The number of nitrogens with zero attached hydrogens (tertiary/aromatic N) is 4. The molecule has 3 aromatic rings. The van der Waals surface area contributed by atoms with Crippen LogP contribution in [0, 0.1) is 26.7 Å². The van der Waals surface area contributed by atoms with Crippen LogP contribution in [0.5, 0.6) is 5.75 Å². The Morgan fingerprint density at radius 3 is 2.38 bits per heavy atom. The van der Waals surface area contributed by atoms with E-state index in [4.69, 9.17) is 4.42 Å². The molecule has 0 fully saturated rings. The van der Waals surface area contributed by atoms with Crippen LogP contribution in [0.3, 0.4) is 0 Å². The minimum absolute atomic E-state index is 0.0807. The molecular weight excluding hydrogens is 426 g/mol. The minimum Gasteiger partial charge on any atom is -0.505 e. The van der Waals surface area contributed by atoms with E-state index in [-0.39, 0.29) is 29.2 Å². The molecule has 0 bridgehead atoms. The van der Waals surface area contributed by atoms with Crippen LogP contribution in [0.2, 0.25) is 0 Å². The fourth-order valence-electron chi connectivity index (χ4n) is 3.52. The van der Waals surface area contributed by atoms with Gasteiger partial charge < -0.3 is 24.6 Å². The zero-order chi connectivity index (χ0) is 23.7. The highest BCUT2D eigenvalue weighted by Gasteiger charge is 2.27. The van der Waals surface area contributed by atoms with Crippen molar-refractivity contribution >= 4 is 35.0 Å². The molecule has 8 nitrogen and oxygen atoms in total. The summed E-state index contributed by atoms with van der Waals surface area (Å²) in [6, 6.07) is 5.54. The number of phenolic OH excluding ortho intramolecular Hbond substituents is 1. The Morgan fingerprint density at radius 2 is 1.81 bits per heavy atom. The molecule has 9 heteroatoms. The lowest BCUT2D eigenvalue weighted by Crippen LogP contribution is -2.23. The number of anilines is 3. The Hall–Kier alpha value is -3.07. The number of carbonyl (C=O) groups excluding carboxylic acids is 1. The number of phenols is 1. The van der Waals surface area contributed by atoms with Crippen LogP contribution < -0.4 is 10.2 Å². The lowest BCUT2D eigenvalue weighted by Gasteiger charge is -2.24. The van der Waals surface area contributed by atoms with E-state index < -0.39 is 0 Å². The van der Waals surface area contributed by atoms with E-state index >= 15 is 0 Å². The summed E-state index contributed by atoms with van der Waals surface area (Å²) in [5, 5.41) is 14.4. The van der Waals surface area contributed by atoms with Crippen molar-refractivity contribution < 1.29 is 14.3 Å². The topological polar surface area (TPSA) is 94.7 Å². The molecule has 0 spiro atoms. The molecule has 32 heavy (non-hydrogen) atoms. The number of benzene rings is 1. The molecule has 0 saturated carbocycles. The summed E-state index contributed by atoms with van der Waals surface area (Å²) in [7, 11) is 5.12. The van der Waals surface area contributed by atoms with Crippen LogP contribution >= 0.6 is 11.7 Å². The Kier molecular flexibility index (Phi) is 6.78. The molecule has 2 heterocycles. The van der Waals surface area contributed by atoms with E-state index in [1.165, 1.54) is 4.90 Å². The number of hydrogen-bond acceptors (Lipinski definition) is 8. The van der Waals surface area contributed by atoms with Gasteiger partial charge in [0.25, 0.3) is 5.91 Å². The average molecular weight is 458 g/mol. The zero-order valence-corrected chi connectivity index (χ0v) is 20.7. The van der Waals surface area contributed by atoms with Crippen molar-refractivity contribution in [1.29, 1.82) is 0 Å². The summed E-state index contributed by atoms with van der Waals surface area (Å²) in [6.45, 7) is 10.00. The molecule has 0 aliphatic carbocycles. The van der Waals surface area contributed by atoms with Gasteiger partial charge in [0, 0.05) is 21.1 Å². The second kappa shape index (κ2) is 9.20. The van der Waals surface area contributed by atoms with Crippen molar-refractivity contribution in [2.24, 2.45) is 5.92 Å². The second-order valence-corrected chi connectivity index (χ2v) is 9.10. The number of aromatic hydroxyl groups is 1. The third-order valence-corrected chi connectivity index (χ3v) is 6.10. The van der Waals surface area contributed by atoms with Gasteiger partial charge in [-0.1, -0.05) is 19.9 Å². The molecule has 0 unspecified atom stereocenters. The van der Waals surface area contributed by atoms with E-state index in [9.17, 15) is 9.90 Å². The van der Waals surface area contributed by atoms with E-state index in [0.29, 0.717) is 22.9 Å². The molecule has 2 aromatic heterocycles. The maximum Gasteiger partial charge on any atom is 0.257 e. The molecule has 1 atom stereocenters. The summed E-state index contributed by atoms with van der Waals surface area (Å²) in [5.41, 5.74) is 2.56. The Morgan fingerprint density at radius 1 is 1.12 bits per heavy atom. The fourth-order valence-corrected chi connectivity index (χ4v) is 4.07. The van der Waals surface area contributed by atoms with Gasteiger partial charge in [-0.25, -0.2) is 0 Å². The smallest absolute Gasteiger partial charge is 0.257 e. The summed E-state index contributed by atoms with van der Waals surface area (Å²) in [5.74, 6) is 2.78. The highest BCUT2D eigenvalue weighted by atomic mass is 32.1. The molecule has 3 rings (SSSR count). The van der Waals surface area contributed by atoms with Gasteiger partial charge in [-0.05, 0) is 49.9 Å². The molecule has 0 aliphatic heterocycles. The van der Waals surface area contributed by atoms with Crippen LogP contribution in [0.15, 0.2) is 22.6 Å². The molecule has 1 amide bonds. The first kappa shape index (κ1) is 23.6. The van der Waals surface area contributed by atoms with E-state index in [1.807, 2.05) is 26.0 Å². The van der Waals surface area contributed by atoms with E-state index in [0.717, 1.165) is 28.8 Å². The van der Waals surface area contributed by atoms with Crippen molar-refractivity contribution in [2.45, 2.75) is 40.7 Å². The first-order valence-electron chi connectivity index (χ1n) is 10.5. The Balaban J connectivity index is 1.97. The zero-order valence-electron chi connectivity index (χ0n) is 19.8. The molecule has 2 N–H and O–H groups in total. The number of amides is 1. The highest BCUT2D eigenvalue weighted by Crippen LogP contribution is 2.40. The van der Waals surface area contributed by atoms with Gasteiger partial charge in [0.05, 0.1) is 29.0 Å². The highest BCUT2D eigenvalue weighted by molar-refractivity contribution is 6.99. The monoisotopic (exact) mass is 457 g/mol. The first-order chi connectivity index (χ1) is 15.0. The summed E-state index contributed by atoms with van der Waals surface area (Å²) >= 11 is 1.08. The first-order valence-corrected chi connectivity index (χ1v) is 11.2. The number of rotatable bonds is 7. The molecular formula is C23H31N5O3S. The number of aryl methyl sites for hydroxylation is 3. The number of nitrogens with one attached hydrogen (secondary N) is 1. The summed E-state index contributed by atoms with van der Waals surface area (Å²) < 4.78 is 14.9. The molecule has 0 radical (unpaired) electrons.